The van der Waals surface area contributed by atoms with Gasteiger partial charge in [-0.05, 0) is 48.2 Å². The monoisotopic (exact) mass is 408 g/mol. The highest BCUT2D eigenvalue weighted by molar-refractivity contribution is 8.18. The van der Waals surface area contributed by atoms with E-state index in [-0.39, 0.29) is 5.91 Å². The second kappa shape index (κ2) is 8.03. The van der Waals surface area contributed by atoms with Crippen LogP contribution in [0.15, 0.2) is 46.3 Å². The zero-order valence-corrected chi connectivity index (χ0v) is 16.2. The summed E-state index contributed by atoms with van der Waals surface area (Å²) >= 11 is 13.2. The number of thioether (sulfide) groups is 1. The van der Waals surface area contributed by atoms with Gasteiger partial charge >= 0.3 is 0 Å². The van der Waals surface area contributed by atoms with Crippen LogP contribution in [0, 0.1) is 0 Å². The predicted octanol–water partition coefficient (Wildman–Crippen LogP) is 4.90. The molecule has 134 valence electrons. The van der Waals surface area contributed by atoms with Crippen molar-refractivity contribution in [1.29, 1.82) is 0 Å². The van der Waals surface area contributed by atoms with Gasteiger partial charge in [0.15, 0.2) is 5.17 Å². The molecule has 1 amide bonds. The number of nitrogens with one attached hydrogen (secondary N) is 1. The lowest BCUT2D eigenvalue weighted by molar-refractivity contribution is -0.115. The molecule has 0 bridgehead atoms. The van der Waals surface area contributed by atoms with Crippen LogP contribution < -0.4 is 14.8 Å². The van der Waals surface area contributed by atoms with Gasteiger partial charge in [0.2, 0.25) is 0 Å². The topological polar surface area (TPSA) is 59.9 Å². The summed E-state index contributed by atoms with van der Waals surface area (Å²) in [6, 6.07) is 10.3. The number of amides is 1. The van der Waals surface area contributed by atoms with Crippen LogP contribution in [0.4, 0.5) is 5.69 Å². The number of carbonyl (C=O) groups excluding carboxylic acids is 1. The molecular weight excluding hydrogens is 395 g/mol. The Morgan fingerprint density at radius 1 is 1.08 bits per heavy atom. The number of methoxy groups -OCH3 is 2. The molecule has 1 saturated heterocycles. The van der Waals surface area contributed by atoms with Crippen LogP contribution in [0.2, 0.25) is 10.0 Å². The minimum absolute atomic E-state index is 0.236. The van der Waals surface area contributed by atoms with Crippen LogP contribution in [-0.4, -0.2) is 25.3 Å². The maximum atomic E-state index is 12.2. The molecule has 1 fully saturated rings. The summed E-state index contributed by atoms with van der Waals surface area (Å²) in [6.45, 7) is 0. The molecule has 2 aromatic carbocycles. The molecule has 1 heterocycles. The van der Waals surface area contributed by atoms with Gasteiger partial charge in [-0.3, -0.25) is 4.79 Å². The Morgan fingerprint density at radius 3 is 2.46 bits per heavy atom. The molecule has 2 aromatic rings. The summed E-state index contributed by atoms with van der Waals surface area (Å²) in [5.74, 6) is 1.05. The van der Waals surface area contributed by atoms with Crippen LogP contribution >= 0.6 is 35.0 Å². The molecule has 0 spiro atoms. The predicted molar refractivity (Wildman–Crippen MR) is 107 cm³/mol. The van der Waals surface area contributed by atoms with Gasteiger partial charge in [0.25, 0.3) is 5.91 Å². The lowest BCUT2D eigenvalue weighted by Gasteiger charge is -2.07. The van der Waals surface area contributed by atoms with Gasteiger partial charge in [-0.1, -0.05) is 23.2 Å². The van der Waals surface area contributed by atoms with E-state index >= 15 is 0 Å². The standard InChI is InChI=1S/C18H14Cl2N2O3S/c1-24-14-4-3-10(15(9-14)25-2)5-16-17(23)22-18(26-16)21-13-7-11(19)6-12(20)8-13/h3-9H,1-2H3,(H,21,22,23)/b16-5+. The molecular formula is C18H14Cl2N2O3S. The second-order valence-corrected chi connectivity index (χ2v) is 7.12. The number of nitrogens with zero attached hydrogens (tertiary/aromatic N) is 1. The number of halogens is 2. The third-order valence-corrected chi connectivity index (χ3v) is 4.80. The maximum absolute atomic E-state index is 12.2. The van der Waals surface area contributed by atoms with Crippen molar-refractivity contribution in [2.24, 2.45) is 4.99 Å². The van der Waals surface area contributed by atoms with Gasteiger partial charge in [0, 0.05) is 21.7 Å². The van der Waals surface area contributed by atoms with Crippen molar-refractivity contribution < 1.29 is 14.3 Å². The number of hydrogen-bond donors (Lipinski definition) is 1. The zero-order chi connectivity index (χ0) is 18.7. The Hall–Kier alpha value is -2.15. The fraction of sp³-hybridized carbons (Fsp3) is 0.111. The molecule has 5 nitrogen and oxygen atoms in total. The summed E-state index contributed by atoms with van der Waals surface area (Å²) < 4.78 is 10.5. The highest BCUT2D eigenvalue weighted by Gasteiger charge is 2.24. The Morgan fingerprint density at radius 2 is 1.81 bits per heavy atom. The number of carbonyl (C=O) groups is 1. The third kappa shape index (κ3) is 4.33. The van der Waals surface area contributed by atoms with E-state index in [4.69, 9.17) is 32.7 Å². The van der Waals surface area contributed by atoms with E-state index in [1.807, 2.05) is 6.07 Å². The summed E-state index contributed by atoms with van der Waals surface area (Å²) in [5, 5.41) is 4.13. The van der Waals surface area contributed by atoms with Crippen LogP contribution in [0.5, 0.6) is 11.5 Å². The molecule has 0 atom stereocenters. The second-order valence-electron chi connectivity index (χ2n) is 5.22. The summed E-state index contributed by atoms with van der Waals surface area (Å²) in [5.41, 5.74) is 1.33. The Labute approximate surface area is 165 Å². The summed E-state index contributed by atoms with van der Waals surface area (Å²) in [7, 11) is 3.15. The van der Waals surface area contributed by atoms with Crippen LogP contribution in [0.3, 0.4) is 0 Å². The van der Waals surface area contributed by atoms with Crippen molar-refractivity contribution >= 4 is 57.8 Å². The Bertz CT molecular complexity index is 908. The van der Waals surface area contributed by atoms with E-state index in [1.165, 1.54) is 11.8 Å². The Kier molecular flexibility index (Phi) is 5.76. The Balaban J connectivity index is 1.88. The van der Waals surface area contributed by atoms with E-state index in [0.717, 1.165) is 5.56 Å². The van der Waals surface area contributed by atoms with Gasteiger partial charge < -0.3 is 14.8 Å². The number of aliphatic imine (C=N–C) groups is 1. The van der Waals surface area contributed by atoms with Gasteiger partial charge in [0.05, 0.1) is 24.8 Å². The molecule has 0 aliphatic carbocycles. The number of ether oxygens (including phenoxy) is 2. The van der Waals surface area contributed by atoms with Crippen molar-refractivity contribution in [2.45, 2.75) is 0 Å². The van der Waals surface area contributed by atoms with Crippen molar-refractivity contribution in [3.05, 3.63) is 56.9 Å². The summed E-state index contributed by atoms with van der Waals surface area (Å²) in [6.07, 6.45) is 1.74. The number of benzene rings is 2. The van der Waals surface area contributed by atoms with Gasteiger partial charge in [0.1, 0.15) is 11.5 Å². The molecule has 8 heteroatoms. The maximum Gasteiger partial charge on any atom is 0.264 e. The van der Waals surface area contributed by atoms with Crippen molar-refractivity contribution in [1.82, 2.24) is 5.32 Å². The first-order valence-corrected chi connectivity index (χ1v) is 9.03. The lowest BCUT2D eigenvalue weighted by Crippen LogP contribution is -2.19. The van der Waals surface area contributed by atoms with Gasteiger partial charge in [-0.15, -0.1) is 0 Å². The quantitative estimate of drug-likeness (QED) is 0.730. The summed E-state index contributed by atoms with van der Waals surface area (Å²) in [4.78, 5) is 17.1. The first-order valence-electron chi connectivity index (χ1n) is 7.46. The van der Waals surface area contributed by atoms with E-state index < -0.39 is 0 Å². The number of rotatable bonds is 4. The number of amidine groups is 1. The molecule has 1 N–H and O–H groups in total. The van der Waals surface area contributed by atoms with Gasteiger partial charge in [-0.2, -0.15) is 0 Å². The fourth-order valence-corrected chi connectivity index (χ4v) is 3.63. The first kappa shape index (κ1) is 18.6. The van der Waals surface area contributed by atoms with Crippen molar-refractivity contribution in [3.63, 3.8) is 0 Å². The highest BCUT2D eigenvalue weighted by atomic mass is 35.5. The SMILES string of the molecule is COc1ccc(/C=C2/SC(=Nc3cc(Cl)cc(Cl)c3)NC2=O)c(OC)c1. The van der Waals surface area contributed by atoms with E-state index in [2.05, 4.69) is 10.3 Å². The smallest absolute Gasteiger partial charge is 0.264 e. The lowest BCUT2D eigenvalue weighted by atomic mass is 10.1. The molecule has 0 aromatic heterocycles. The third-order valence-electron chi connectivity index (χ3n) is 3.46. The minimum atomic E-state index is -0.236. The molecule has 1 aliphatic rings. The van der Waals surface area contributed by atoms with Gasteiger partial charge in [-0.25, -0.2) is 4.99 Å². The average Bonchev–Trinajstić information content (AvgIpc) is 2.93. The molecule has 3 rings (SSSR count). The van der Waals surface area contributed by atoms with Crippen LogP contribution in [-0.2, 0) is 4.79 Å². The minimum Gasteiger partial charge on any atom is -0.497 e. The highest BCUT2D eigenvalue weighted by Crippen LogP contribution is 2.33. The molecule has 1 aliphatic heterocycles. The first-order chi connectivity index (χ1) is 12.5. The normalized spacial score (nSPS) is 16.8. The van der Waals surface area contributed by atoms with Crippen molar-refractivity contribution in [2.75, 3.05) is 14.2 Å². The average molecular weight is 409 g/mol. The van der Waals surface area contributed by atoms with Crippen LogP contribution in [0.1, 0.15) is 5.56 Å². The largest absolute Gasteiger partial charge is 0.497 e. The number of hydrogen-bond acceptors (Lipinski definition) is 5. The van der Waals surface area contributed by atoms with E-state index in [1.54, 1.807) is 50.6 Å². The fourth-order valence-electron chi connectivity index (χ4n) is 2.28. The molecule has 0 radical (unpaired) electrons. The van der Waals surface area contributed by atoms with E-state index in [0.29, 0.717) is 37.3 Å². The molecule has 26 heavy (non-hydrogen) atoms. The molecule has 0 unspecified atom stereocenters. The van der Waals surface area contributed by atoms with Crippen LogP contribution in [0.25, 0.3) is 6.08 Å². The van der Waals surface area contributed by atoms with E-state index in [9.17, 15) is 4.79 Å². The molecule has 0 saturated carbocycles. The van der Waals surface area contributed by atoms with Crippen molar-refractivity contribution in [3.8, 4) is 11.5 Å². The zero-order valence-electron chi connectivity index (χ0n) is 13.9.